The van der Waals surface area contributed by atoms with Crippen LogP contribution in [-0.2, 0) is 6.54 Å². The predicted molar refractivity (Wildman–Crippen MR) is 87.2 cm³/mol. The molecule has 0 unspecified atom stereocenters. The number of benzene rings is 2. The smallest absolute Gasteiger partial charge is 0.131 e. The largest absolute Gasteiger partial charge is 0.457 e. The molecule has 0 spiro atoms. The Morgan fingerprint density at radius 3 is 2.67 bits per heavy atom. The Morgan fingerprint density at radius 1 is 1.19 bits per heavy atom. The van der Waals surface area contributed by atoms with Crippen molar-refractivity contribution in [2.24, 2.45) is 5.92 Å². The van der Waals surface area contributed by atoms with Crippen molar-refractivity contribution in [3.63, 3.8) is 0 Å². The highest BCUT2D eigenvalue weighted by atomic mass is 79.9. The Labute approximate surface area is 133 Å². The SMILES string of the molecule is CC(C)CNCc1ccccc1Oc1cc(F)cc(Br)c1. The van der Waals surface area contributed by atoms with Crippen molar-refractivity contribution in [2.75, 3.05) is 6.54 Å². The van der Waals surface area contributed by atoms with E-state index in [4.69, 9.17) is 4.74 Å². The zero-order chi connectivity index (χ0) is 15.2. The number of para-hydroxylation sites is 1. The summed E-state index contributed by atoms with van der Waals surface area (Å²) in [5, 5.41) is 3.39. The Hall–Kier alpha value is -1.39. The van der Waals surface area contributed by atoms with Gasteiger partial charge in [0.15, 0.2) is 0 Å². The molecule has 0 aliphatic carbocycles. The van der Waals surface area contributed by atoms with Gasteiger partial charge in [0.1, 0.15) is 17.3 Å². The average molecular weight is 352 g/mol. The van der Waals surface area contributed by atoms with E-state index < -0.39 is 0 Å². The molecule has 0 aliphatic rings. The summed E-state index contributed by atoms with van der Waals surface area (Å²) in [5.74, 6) is 1.50. The molecular formula is C17H19BrFNO. The van der Waals surface area contributed by atoms with E-state index in [0.717, 1.165) is 24.4 Å². The summed E-state index contributed by atoms with van der Waals surface area (Å²) in [6.07, 6.45) is 0. The van der Waals surface area contributed by atoms with Gasteiger partial charge in [0, 0.05) is 22.6 Å². The lowest BCUT2D eigenvalue weighted by Crippen LogP contribution is -2.19. The molecule has 21 heavy (non-hydrogen) atoms. The van der Waals surface area contributed by atoms with E-state index in [-0.39, 0.29) is 5.82 Å². The zero-order valence-electron chi connectivity index (χ0n) is 12.2. The first-order valence-electron chi connectivity index (χ1n) is 6.97. The monoisotopic (exact) mass is 351 g/mol. The van der Waals surface area contributed by atoms with E-state index in [1.807, 2.05) is 24.3 Å². The summed E-state index contributed by atoms with van der Waals surface area (Å²) in [5.41, 5.74) is 1.05. The van der Waals surface area contributed by atoms with Gasteiger partial charge in [-0.05, 0) is 30.7 Å². The molecule has 2 rings (SSSR count). The van der Waals surface area contributed by atoms with E-state index >= 15 is 0 Å². The number of hydrogen-bond donors (Lipinski definition) is 1. The van der Waals surface area contributed by atoms with Gasteiger partial charge in [-0.2, -0.15) is 0 Å². The van der Waals surface area contributed by atoms with E-state index in [0.29, 0.717) is 16.1 Å². The lowest BCUT2D eigenvalue weighted by atomic mass is 10.2. The van der Waals surface area contributed by atoms with E-state index in [1.54, 1.807) is 6.07 Å². The molecule has 0 heterocycles. The van der Waals surface area contributed by atoms with Crippen molar-refractivity contribution in [2.45, 2.75) is 20.4 Å². The van der Waals surface area contributed by atoms with Crippen LogP contribution in [0, 0.1) is 11.7 Å². The molecule has 2 aromatic rings. The lowest BCUT2D eigenvalue weighted by molar-refractivity contribution is 0.464. The van der Waals surface area contributed by atoms with Gasteiger partial charge in [0.05, 0.1) is 0 Å². The standard InChI is InChI=1S/C17H19BrFNO/c1-12(2)10-20-11-13-5-3-4-6-17(13)21-16-8-14(18)7-15(19)9-16/h3-9,12,20H,10-11H2,1-2H3. The van der Waals surface area contributed by atoms with Gasteiger partial charge in [0.2, 0.25) is 0 Å². The van der Waals surface area contributed by atoms with Crippen LogP contribution in [0.15, 0.2) is 46.9 Å². The molecule has 0 fully saturated rings. The quantitative estimate of drug-likeness (QED) is 0.779. The van der Waals surface area contributed by atoms with Crippen LogP contribution in [0.1, 0.15) is 19.4 Å². The first-order valence-corrected chi connectivity index (χ1v) is 7.76. The Kier molecular flexibility index (Phi) is 5.76. The second-order valence-corrected chi connectivity index (χ2v) is 6.26. The summed E-state index contributed by atoms with van der Waals surface area (Å²) in [6, 6.07) is 12.3. The molecule has 2 aromatic carbocycles. The van der Waals surface area contributed by atoms with Crippen LogP contribution in [0.5, 0.6) is 11.5 Å². The van der Waals surface area contributed by atoms with Crippen molar-refractivity contribution in [3.8, 4) is 11.5 Å². The summed E-state index contributed by atoms with van der Waals surface area (Å²) >= 11 is 3.27. The van der Waals surface area contributed by atoms with Crippen molar-refractivity contribution < 1.29 is 9.13 Å². The summed E-state index contributed by atoms with van der Waals surface area (Å²) in [6.45, 7) is 6.00. The maximum absolute atomic E-state index is 13.4. The number of ether oxygens (including phenoxy) is 1. The molecule has 1 N–H and O–H groups in total. The minimum atomic E-state index is -0.324. The van der Waals surface area contributed by atoms with Crippen LogP contribution >= 0.6 is 15.9 Å². The van der Waals surface area contributed by atoms with Crippen molar-refractivity contribution >= 4 is 15.9 Å². The first-order chi connectivity index (χ1) is 10.0. The van der Waals surface area contributed by atoms with Gasteiger partial charge in [0.25, 0.3) is 0 Å². The van der Waals surface area contributed by atoms with Crippen molar-refractivity contribution in [3.05, 3.63) is 58.3 Å². The normalized spacial score (nSPS) is 10.9. The highest BCUT2D eigenvalue weighted by molar-refractivity contribution is 9.10. The third kappa shape index (κ3) is 5.14. The number of halogens is 2. The predicted octanol–water partition coefficient (Wildman–Crippen LogP) is 5.13. The zero-order valence-corrected chi connectivity index (χ0v) is 13.8. The molecule has 2 nitrogen and oxygen atoms in total. The number of rotatable bonds is 6. The first kappa shape index (κ1) is 16.0. The van der Waals surface area contributed by atoms with Crippen LogP contribution < -0.4 is 10.1 Å². The van der Waals surface area contributed by atoms with Gasteiger partial charge in [-0.25, -0.2) is 4.39 Å². The average Bonchev–Trinajstić information content (AvgIpc) is 2.39. The maximum atomic E-state index is 13.4. The molecule has 0 amide bonds. The van der Waals surface area contributed by atoms with Gasteiger partial charge < -0.3 is 10.1 Å². The fraction of sp³-hybridized carbons (Fsp3) is 0.294. The number of hydrogen-bond acceptors (Lipinski definition) is 2. The Balaban J connectivity index is 2.12. The molecule has 0 aliphatic heterocycles. The van der Waals surface area contributed by atoms with Crippen LogP contribution in [0.25, 0.3) is 0 Å². The van der Waals surface area contributed by atoms with Crippen LogP contribution in [0.3, 0.4) is 0 Å². The second kappa shape index (κ2) is 7.57. The molecular weight excluding hydrogens is 333 g/mol. The second-order valence-electron chi connectivity index (χ2n) is 5.34. The topological polar surface area (TPSA) is 21.3 Å². The lowest BCUT2D eigenvalue weighted by Gasteiger charge is -2.13. The number of nitrogens with one attached hydrogen (secondary N) is 1. The molecule has 0 radical (unpaired) electrons. The van der Waals surface area contributed by atoms with Crippen LogP contribution in [-0.4, -0.2) is 6.54 Å². The summed E-state index contributed by atoms with van der Waals surface area (Å²) in [7, 11) is 0. The molecule has 112 valence electrons. The molecule has 0 atom stereocenters. The molecule has 4 heteroatoms. The van der Waals surface area contributed by atoms with E-state index in [2.05, 4.69) is 35.1 Å². The van der Waals surface area contributed by atoms with Gasteiger partial charge in [-0.1, -0.05) is 48.0 Å². The maximum Gasteiger partial charge on any atom is 0.131 e. The van der Waals surface area contributed by atoms with Gasteiger partial charge in [-0.15, -0.1) is 0 Å². The minimum absolute atomic E-state index is 0.324. The van der Waals surface area contributed by atoms with Crippen LogP contribution in [0.2, 0.25) is 0 Å². The summed E-state index contributed by atoms with van der Waals surface area (Å²) < 4.78 is 19.9. The van der Waals surface area contributed by atoms with E-state index in [9.17, 15) is 4.39 Å². The highest BCUT2D eigenvalue weighted by Gasteiger charge is 2.06. The summed E-state index contributed by atoms with van der Waals surface area (Å²) in [4.78, 5) is 0. The van der Waals surface area contributed by atoms with Crippen molar-refractivity contribution in [1.82, 2.24) is 5.32 Å². The molecule has 0 saturated carbocycles. The van der Waals surface area contributed by atoms with E-state index in [1.165, 1.54) is 12.1 Å². The third-order valence-electron chi connectivity index (χ3n) is 2.90. The minimum Gasteiger partial charge on any atom is -0.457 e. The molecule has 0 bridgehead atoms. The van der Waals surface area contributed by atoms with Crippen LogP contribution in [0.4, 0.5) is 4.39 Å². The Bertz CT molecular complexity index is 581. The third-order valence-corrected chi connectivity index (χ3v) is 3.36. The fourth-order valence-electron chi connectivity index (χ4n) is 1.96. The van der Waals surface area contributed by atoms with Crippen molar-refractivity contribution in [1.29, 1.82) is 0 Å². The highest BCUT2D eigenvalue weighted by Crippen LogP contribution is 2.28. The Morgan fingerprint density at radius 2 is 1.95 bits per heavy atom. The van der Waals surface area contributed by atoms with Gasteiger partial charge in [-0.3, -0.25) is 0 Å². The molecule has 0 aromatic heterocycles. The van der Waals surface area contributed by atoms with Gasteiger partial charge >= 0.3 is 0 Å². The molecule has 0 saturated heterocycles. The fourth-order valence-corrected chi connectivity index (χ4v) is 2.40.